The number of hydrogen-bond acceptors (Lipinski definition) is 5. The Labute approximate surface area is 174 Å². The van der Waals surface area contributed by atoms with Crippen LogP contribution in [0.1, 0.15) is 5.56 Å². The van der Waals surface area contributed by atoms with E-state index in [9.17, 15) is 22.4 Å². The third-order valence-corrected chi connectivity index (χ3v) is 6.47. The molecule has 2 aromatic rings. The predicted molar refractivity (Wildman–Crippen MR) is 108 cm³/mol. The zero-order valence-corrected chi connectivity index (χ0v) is 17.0. The van der Waals surface area contributed by atoms with E-state index < -0.39 is 27.7 Å². The number of benzene rings is 2. The van der Waals surface area contributed by atoms with E-state index in [1.807, 2.05) is 0 Å². The van der Waals surface area contributed by atoms with Crippen LogP contribution in [0.2, 0.25) is 0 Å². The van der Waals surface area contributed by atoms with E-state index in [1.165, 1.54) is 34.6 Å². The highest BCUT2D eigenvalue weighted by Gasteiger charge is 2.26. The molecule has 0 aromatic heterocycles. The van der Waals surface area contributed by atoms with Gasteiger partial charge in [0.1, 0.15) is 5.82 Å². The van der Waals surface area contributed by atoms with Gasteiger partial charge in [0.05, 0.1) is 23.8 Å². The van der Waals surface area contributed by atoms with Gasteiger partial charge in [-0.1, -0.05) is 24.3 Å². The van der Waals surface area contributed by atoms with Crippen molar-refractivity contribution in [2.45, 2.75) is 11.3 Å². The van der Waals surface area contributed by atoms with Crippen molar-refractivity contribution in [3.8, 4) is 0 Å². The number of para-hydroxylation sites is 1. The SMILES string of the molecule is O=C(NCCc1ccc(S(=O)(=O)N2CCOCC2)cc1)C(=O)Nc1ccccc1F. The molecule has 1 fully saturated rings. The van der Waals surface area contributed by atoms with Gasteiger partial charge in [0, 0.05) is 19.6 Å². The third-order valence-electron chi connectivity index (χ3n) is 4.56. The summed E-state index contributed by atoms with van der Waals surface area (Å²) in [5.74, 6) is -2.48. The first-order valence-electron chi connectivity index (χ1n) is 9.38. The second kappa shape index (κ2) is 9.79. The van der Waals surface area contributed by atoms with Gasteiger partial charge >= 0.3 is 11.8 Å². The average molecular weight is 435 g/mol. The van der Waals surface area contributed by atoms with Gasteiger partial charge in [-0.25, -0.2) is 12.8 Å². The van der Waals surface area contributed by atoms with Crippen LogP contribution in [0.5, 0.6) is 0 Å². The molecule has 30 heavy (non-hydrogen) atoms. The molecule has 3 rings (SSSR count). The number of nitrogens with zero attached hydrogens (tertiary/aromatic N) is 1. The molecule has 0 bridgehead atoms. The molecular weight excluding hydrogens is 413 g/mol. The number of ether oxygens (including phenoxy) is 1. The Morgan fingerprint density at radius 1 is 1.00 bits per heavy atom. The van der Waals surface area contributed by atoms with E-state index in [0.29, 0.717) is 32.7 Å². The highest BCUT2D eigenvalue weighted by atomic mass is 32.2. The lowest BCUT2D eigenvalue weighted by molar-refractivity contribution is -0.136. The molecular formula is C20H22FN3O5S. The van der Waals surface area contributed by atoms with E-state index in [1.54, 1.807) is 18.2 Å². The van der Waals surface area contributed by atoms with Crippen molar-refractivity contribution in [1.82, 2.24) is 9.62 Å². The fourth-order valence-electron chi connectivity index (χ4n) is 2.91. The minimum atomic E-state index is -3.56. The Kier molecular flexibility index (Phi) is 7.14. The minimum Gasteiger partial charge on any atom is -0.379 e. The highest BCUT2D eigenvalue weighted by Crippen LogP contribution is 2.18. The first-order valence-corrected chi connectivity index (χ1v) is 10.8. The Morgan fingerprint density at radius 3 is 2.33 bits per heavy atom. The molecule has 0 saturated carbocycles. The van der Waals surface area contributed by atoms with Crippen molar-refractivity contribution >= 4 is 27.5 Å². The topological polar surface area (TPSA) is 105 Å². The molecule has 1 aliphatic rings. The highest BCUT2D eigenvalue weighted by molar-refractivity contribution is 7.89. The number of nitrogens with one attached hydrogen (secondary N) is 2. The summed E-state index contributed by atoms with van der Waals surface area (Å²) in [6.07, 6.45) is 0.399. The number of anilines is 1. The van der Waals surface area contributed by atoms with Crippen LogP contribution in [0.3, 0.4) is 0 Å². The zero-order valence-electron chi connectivity index (χ0n) is 16.1. The van der Waals surface area contributed by atoms with Gasteiger partial charge in [0.25, 0.3) is 0 Å². The molecule has 1 saturated heterocycles. The lowest BCUT2D eigenvalue weighted by Crippen LogP contribution is -2.40. The Hall–Kier alpha value is -2.82. The summed E-state index contributed by atoms with van der Waals surface area (Å²) in [7, 11) is -3.56. The maximum Gasteiger partial charge on any atom is 0.313 e. The quantitative estimate of drug-likeness (QED) is 0.663. The molecule has 1 heterocycles. The number of morpholine rings is 1. The third kappa shape index (κ3) is 5.41. The number of hydrogen-bond donors (Lipinski definition) is 2. The minimum absolute atomic E-state index is 0.0743. The summed E-state index contributed by atoms with van der Waals surface area (Å²) in [5, 5.41) is 4.66. The van der Waals surface area contributed by atoms with Crippen LogP contribution >= 0.6 is 0 Å². The van der Waals surface area contributed by atoms with Gasteiger partial charge in [-0.2, -0.15) is 4.31 Å². The standard InChI is InChI=1S/C20H22FN3O5S/c21-17-3-1-2-4-18(17)23-20(26)19(25)22-10-9-15-5-7-16(8-6-15)30(27,28)24-11-13-29-14-12-24/h1-8H,9-14H2,(H,22,25)(H,23,26). The lowest BCUT2D eigenvalue weighted by atomic mass is 10.1. The van der Waals surface area contributed by atoms with Crippen LogP contribution in [0.15, 0.2) is 53.4 Å². The molecule has 0 aliphatic carbocycles. The zero-order chi connectivity index (χ0) is 21.6. The summed E-state index contributed by atoms with van der Waals surface area (Å²) in [4.78, 5) is 23.9. The van der Waals surface area contributed by atoms with Crippen LogP contribution in [-0.2, 0) is 30.8 Å². The van der Waals surface area contributed by atoms with Crippen LogP contribution in [0.4, 0.5) is 10.1 Å². The monoisotopic (exact) mass is 435 g/mol. The van der Waals surface area contributed by atoms with Crippen LogP contribution in [-0.4, -0.2) is 57.4 Å². The summed E-state index contributed by atoms with van der Waals surface area (Å²) < 4.78 is 45.3. The van der Waals surface area contributed by atoms with Crippen molar-refractivity contribution in [2.75, 3.05) is 38.2 Å². The van der Waals surface area contributed by atoms with Crippen molar-refractivity contribution in [1.29, 1.82) is 0 Å². The van der Waals surface area contributed by atoms with Gasteiger partial charge in [-0.3, -0.25) is 9.59 Å². The molecule has 2 amide bonds. The summed E-state index contributed by atoms with van der Waals surface area (Å²) in [6.45, 7) is 1.57. The van der Waals surface area contributed by atoms with E-state index in [0.717, 1.165) is 5.56 Å². The van der Waals surface area contributed by atoms with Crippen molar-refractivity contribution in [3.63, 3.8) is 0 Å². The van der Waals surface area contributed by atoms with Gasteiger partial charge in [-0.15, -0.1) is 0 Å². The molecule has 160 valence electrons. The van der Waals surface area contributed by atoms with Crippen LogP contribution < -0.4 is 10.6 Å². The number of carbonyl (C=O) groups is 2. The molecule has 0 spiro atoms. The summed E-state index contributed by atoms with van der Waals surface area (Å²) in [5.41, 5.74) is 0.723. The maximum absolute atomic E-state index is 13.5. The number of sulfonamides is 1. The molecule has 0 radical (unpaired) electrons. The molecule has 10 heteroatoms. The first kappa shape index (κ1) is 21.9. The molecule has 0 atom stereocenters. The van der Waals surface area contributed by atoms with Gasteiger partial charge < -0.3 is 15.4 Å². The predicted octanol–water partition coefficient (Wildman–Crippen LogP) is 1.14. The normalized spacial score (nSPS) is 14.8. The van der Waals surface area contributed by atoms with Gasteiger partial charge in [0.2, 0.25) is 10.0 Å². The van der Waals surface area contributed by atoms with E-state index in [-0.39, 0.29) is 17.1 Å². The molecule has 8 nitrogen and oxygen atoms in total. The first-order chi connectivity index (χ1) is 14.4. The number of rotatable bonds is 6. The molecule has 0 unspecified atom stereocenters. The molecule has 1 aliphatic heterocycles. The Bertz CT molecular complexity index is 1010. The number of amides is 2. The van der Waals surface area contributed by atoms with Gasteiger partial charge in [-0.05, 0) is 36.2 Å². The average Bonchev–Trinajstić information content (AvgIpc) is 2.76. The van der Waals surface area contributed by atoms with Crippen molar-refractivity contribution in [2.24, 2.45) is 0 Å². The fourth-order valence-corrected chi connectivity index (χ4v) is 4.31. The lowest BCUT2D eigenvalue weighted by Gasteiger charge is -2.26. The van der Waals surface area contributed by atoms with Crippen LogP contribution in [0, 0.1) is 5.82 Å². The Balaban J connectivity index is 1.49. The van der Waals surface area contributed by atoms with E-state index >= 15 is 0 Å². The second-order valence-corrected chi connectivity index (χ2v) is 8.54. The molecule has 2 aromatic carbocycles. The smallest absolute Gasteiger partial charge is 0.313 e. The molecule has 2 N–H and O–H groups in total. The van der Waals surface area contributed by atoms with Crippen molar-refractivity contribution < 1.29 is 27.1 Å². The summed E-state index contributed by atoms with van der Waals surface area (Å²) in [6, 6.07) is 11.9. The Morgan fingerprint density at radius 2 is 1.67 bits per heavy atom. The van der Waals surface area contributed by atoms with Gasteiger partial charge in [0.15, 0.2) is 0 Å². The number of carbonyl (C=O) groups excluding carboxylic acids is 2. The number of halogens is 1. The van der Waals surface area contributed by atoms with Crippen LogP contribution in [0.25, 0.3) is 0 Å². The maximum atomic E-state index is 13.5. The van der Waals surface area contributed by atoms with Crippen molar-refractivity contribution in [3.05, 3.63) is 59.9 Å². The largest absolute Gasteiger partial charge is 0.379 e. The van der Waals surface area contributed by atoms with E-state index in [2.05, 4.69) is 10.6 Å². The second-order valence-electron chi connectivity index (χ2n) is 6.60. The van der Waals surface area contributed by atoms with E-state index in [4.69, 9.17) is 4.74 Å². The summed E-state index contributed by atoms with van der Waals surface area (Å²) >= 11 is 0. The fraction of sp³-hybridized carbons (Fsp3) is 0.300.